The summed E-state index contributed by atoms with van der Waals surface area (Å²) >= 11 is 3.34. The van der Waals surface area contributed by atoms with E-state index in [9.17, 15) is 0 Å². The van der Waals surface area contributed by atoms with E-state index in [1.807, 2.05) is 0 Å². The Hall–Kier alpha value is -0.840. The molecule has 1 aromatic rings. The lowest BCUT2D eigenvalue weighted by molar-refractivity contribution is 0.563. The minimum Gasteiger partial charge on any atom is -0.383 e. The lowest BCUT2D eigenvalue weighted by atomic mass is 10.1. The highest BCUT2D eigenvalue weighted by atomic mass is 79.9. The lowest BCUT2D eigenvalue weighted by Crippen LogP contribution is -2.25. The van der Waals surface area contributed by atoms with Crippen LogP contribution in [0.4, 0.5) is 11.8 Å². The van der Waals surface area contributed by atoms with Gasteiger partial charge < -0.3 is 11.1 Å². The van der Waals surface area contributed by atoms with E-state index in [0.29, 0.717) is 17.8 Å². The van der Waals surface area contributed by atoms with Crippen LogP contribution in [0.25, 0.3) is 0 Å². The molecule has 0 atom stereocenters. The molecule has 2 fully saturated rings. The summed E-state index contributed by atoms with van der Waals surface area (Å²) in [7, 11) is 0. The number of aromatic nitrogens is 2. The highest BCUT2D eigenvalue weighted by Gasteiger charge is 2.41. The van der Waals surface area contributed by atoms with E-state index < -0.39 is 0 Å². The van der Waals surface area contributed by atoms with Gasteiger partial charge in [0.1, 0.15) is 10.4 Å². The maximum absolute atomic E-state index is 5.70. The van der Waals surface area contributed by atoms with Gasteiger partial charge in [0.25, 0.3) is 0 Å². The van der Waals surface area contributed by atoms with Gasteiger partial charge in [-0.2, -0.15) is 4.98 Å². The largest absolute Gasteiger partial charge is 0.383 e. The monoisotopic (exact) mass is 282 g/mol. The van der Waals surface area contributed by atoms with Crippen molar-refractivity contribution in [3.8, 4) is 0 Å². The first kappa shape index (κ1) is 10.3. The van der Waals surface area contributed by atoms with Crippen molar-refractivity contribution in [2.75, 3.05) is 11.1 Å². The van der Waals surface area contributed by atoms with Crippen LogP contribution in [0.15, 0.2) is 10.7 Å². The first-order valence-corrected chi connectivity index (χ1v) is 6.58. The first-order chi connectivity index (χ1) is 7.72. The number of hydrogen-bond acceptors (Lipinski definition) is 4. The topological polar surface area (TPSA) is 63.8 Å². The van der Waals surface area contributed by atoms with Gasteiger partial charge in [0.15, 0.2) is 0 Å². The molecule has 0 amide bonds. The Morgan fingerprint density at radius 3 is 2.38 bits per heavy atom. The molecular weight excluding hydrogens is 268 g/mol. The number of nitrogens with one attached hydrogen (secondary N) is 1. The minimum atomic E-state index is 0.509. The molecule has 3 rings (SSSR count). The highest BCUT2D eigenvalue weighted by molar-refractivity contribution is 9.10. The smallest absolute Gasteiger partial charge is 0.225 e. The zero-order valence-electron chi connectivity index (χ0n) is 8.99. The van der Waals surface area contributed by atoms with Gasteiger partial charge in [-0.3, -0.25) is 0 Å². The van der Waals surface area contributed by atoms with Crippen LogP contribution in [0.5, 0.6) is 0 Å². The van der Waals surface area contributed by atoms with Crippen molar-refractivity contribution in [3.63, 3.8) is 0 Å². The zero-order chi connectivity index (χ0) is 11.1. The summed E-state index contributed by atoms with van der Waals surface area (Å²) in [6, 6.07) is 2.28. The number of halogens is 1. The fourth-order valence-corrected chi connectivity index (χ4v) is 2.58. The number of nitrogens with two attached hydrogens (primary N) is 1. The second-order valence-corrected chi connectivity index (χ2v) is 5.60. The zero-order valence-corrected chi connectivity index (χ0v) is 10.6. The van der Waals surface area contributed by atoms with Crippen LogP contribution in [-0.4, -0.2) is 16.0 Å². The molecular formula is C11H15BrN4. The molecule has 0 radical (unpaired) electrons. The van der Waals surface area contributed by atoms with E-state index >= 15 is 0 Å². The molecule has 0 saturated heterocycles. The van der Waals surface area contributed by atoms with Gasteiger partial charge in [0, 0.05) is 12.1 Å². The SMILES string of the molecule is Nc1cc(Br)nc(NC(C2CC2)C2CC2)n1. The quantitative estimate of drug-likeness (QED) is 0.833. The molecule has 0 bridgehead atoms. The Bertz CT molecular complexity index is 369. The summed E-state index contributed by atoms with van der Waals surface area (Å²) in [5.74, 6) is 2.83. The van der Waals surface area contributed by atoms with Gasteiger partial charge in [-0.15, -0.1) is 0 Å². The Morgan fingerprint density at radius 2 is 1.88 bits per heavy atom. The molecule has 2 aliphatic carbocycles. The average molecular weight is 283 g/mol. The molecule has 2 aliphatic rings. The van der Waals surface area contributed by atoms with Crippen molar-refractivity contribution in [2.24, 2.45) is 11.8 Å². The van der Waals surface area contributed by atoms with Gasteiger partial charge in [0.2, 0.25) is 5.95 Å². The maximum Gasteiger partial charge on any atom is 0.225 e. The first-order valence-electron chi connectivity index (χ1n) is 5.79. The third kappa shape index (κ3) is 2.29. The van der Waals surface area contributed by atoms with E-state index in [1.165, 1.54) is 25.7 Å². The predicted octanol–water partition coefficient (Wildman–Crippen LogP) is 2.42. The lowest BCUT2D eigenvalue weighted by Gasteiger charge is -2.17. The van der Waals surface area contributed by atoms with Crippen LogP contribution in [-0.2, 0) is 0 Å². The average Bonchev–Trinajstić information content (AvgIpc) is 3.07. The van der Waals surface area contributed by atoms with Gasteiger partial charge in [-0.05, 0) is 53.4 Å². The van der Waals surface area contributed by atoms with Crippen molar-refractivity contribution >= 4 is 27.7 Å². The van der Waals surface area contributed by atoms with Crippen LogP contribution in [0.3, 0.4) is 0 Å². The highest BCUT2D eigenvalue weighted by Crippen LogP contribution is 2.45. The third-order valence-corrected chi connectivity index (χ3v) is 3.68. The van der Waals surface area contributed by atoms with Gasteiger partial charge in [-0.25, -0.2) is 4.98 Å². The number of anilines is 2. The van der Waals surface area contributed by atoms with E-state index in [2.05, 4.69) is 31.2 Å². The van der Waals surface area contributed by atoms with Crippen LogP contribution in [0, 0.1) is 11.8 Å². The molecule has 1 heterocycles. The van der Waals surface area contributed by atoms with E-state index in [4.69, 9.17) is 5.73 Å². The molecule has 86 valence electrons. The van der Waals surface area contributed by atoms with Crippen LogP contribution >= 0.6 is 15.9 Å². The Kier molecular flexibility index (Phi) is 2.50. The summed E-state index contributed by atoms with van der Waals surface area (Å²) < 4.78 is 0.743. The molecule has 16 heavy (non-hydrogen) atoms. The standard InChI is InChI=1S/C11H15BrN4/c12-8-5-9(13)15-11(14-8)16-10(6-1-2-6)7-3-4-7/h5-7,10H,1-4H2,(H3,13,14,15,16). The third-order valence-electron chi connectivity index (χ3n) is 3.27. The Labute approximate surface area is 103 Å². The fourth-order valence-electron chi connectivity index (χ4n) is 2.18. The molecule has 1 aromatic heterocycles. The summed E-state index contributed by atoms with van der Waals surface area (Å²) in [6.07, 6.45) is 5.38. The van der Waals surface area contributed by atoms with E-state index in [1.54, 1.807) is 6.07 Å². The summed E-state index contributed by atoms with van der Waals surface area (Å²) in [5.41, 5.74) is 5.70. The summed E-state index contributed by atoms with van der Waals surface area (Å²) in [5, 5.41) is 3.45. The van der Waals surface area contributed by atoms with Crippen molar-refractivity contribution < 1.29 is 0 Å². The molecule has 5 heteroatoms. The number of nitrogens with zero attached hydrogens (tertiary/aromatic N) is 2. The maximum atomic E-state index is 5.70. The Balaban J connectivity index is 1.75. The van der Waals surface area contributed by atoms with Gasteiger partial charge in [-0.1, -0.05) is 0 Å². The predicted molar refractivity (Wildman–Crippen MR) is 67.0 cm³/mol. The van der Waals surface area contributed by atoms with Crippen molar-refractivity contribution in [3.05, 3.63) is 10.7 Å². The Morgan fingerprint density at radius 1 is 1.25 bits per heavy atom. The van der Waals surface area contributed by atoms with Crippen molar-refractivity contribution in [1.29, 1.82) is 0 Å². The summed E-state index contributed by atoms with van der Waals surface area (Å²) in [6.45, 7) is 0. The van der Waals surface area contributed by atoms with Crippen molar-refractivity contribution in [2.45, 2.75) is 31.7 Å². The van der Waals surface area contributed by atoms with Crippen LogP contribution in [0.2, 0.25) is 0 Å². The molecule has 2 saturated carbocycles. The normalized spacial score (nSPS) is 20.1. The minimum absolute atomic E-state index is 0.509. The molecule has 0 unspecified atom stereocenters. The number of hydrogen-bond donors (Lipinski definition) is 2. The number of nitrogen functional groups attached to an aromatic ring is 1. The molecule has 3 N–H and O–H groups in total. The van der Waals surface area contributed by atoms with Crippen molar-refractivity contribution in [1.82, 2.24) is 9.97 Å². The van der Waals surface area contributed by atoms with Crippen LogP contribution in [0.1, 0.15) is 25.7 Å². The second kappa shape index (κ2) is 3.87. The molecule has 0 aliphatic heterocycles. The number of rotatable bonds is 4. The molecule has 0 spiro atoms. The molecule has 4 nitrogen and oxygen atoms in total. The van der Waals surface area contributed by atoms with Gasteiger partial charge >= 0.3 is 0 Å². The van der Waals surface area contributed by atoms with Crippen LogP contribution < -0.4 is 11.1 Å². The second-order valence-electron chi connectivity index (χ2n) is 4.78. The van der Waals surface area contributed by atoms with Gasteiger partial charge in [0.05, 0.1) is 0 Å². The summed E-state index contributed by atoms with van der Waals surface area (Å²) in [4.78, 5) is 8.53. The fraction of sp³-hybridized carbons (Fsp3) is 0.636. The molecule has 0 aromatic carbocycles. The van der Waals surface area contributed by atoms with E-state index in [0.717, 1.165) is 16.4 Å². The van der Waals surface area contributed by atoms with E-state index in [-0.39, 0.29) is 0 Å².